The SMILES string of the molecule is CCCCC=Nc1nc(-c2ccc(N)cc2)nc(Cl)c1C. The molecule has 0 spiro atoms. The Balaban J connectivity index is 2.33. The lowest BCUT2D eigenvalue weighted by Crippen LogP contribution is -1.94. The van der Waals surface area contributed by atoms with Gasteiger partial charge in [-0.25, -0.2) is 15.0 Å². The molecule has 0 saturated carbocycles. The number of nitrogens with two attached hydrogens (primary N) is 1. The first kappa shape index (κ1) is 15.4. The van der Waals surface area contributed by atoms with Gasteiger partial charge in [0.2, 0.25) is 0 Å². The number of anilines is 1. The van der Waals surface area contributed by atoms with E-state index in [1.54, 1.807) is 0 Å². The molecule has 4 nitrogen and oxygen atoms in total. The summed E-state index contributed by atoms with van der Waals surface area (Å²) < 4.78 is 0. The predicted molar refractivity (Wildman–Crippen MR) is 89.3 cm³/mol. The maximum Gasteiger partial charge on any atom is 0.163 e. The molecule has 21 heavy (non-hydrogen) atoms. The average molecular weight is 303 g/mol. The standard InChI is InChI=1S/C16H19ClN4/c1-3-4-5-10-19-15-11(2)14(17)20-16(21-15)12-6-8-13(18)9-7-12/h6-10H,3-5,18H2,1-2H3. The number of aromatic nitrogens is 2. The highest BCUT2D eigenvalue weighted by molar-refractivity contribution is 6.30. The van der Waals surface area contributed by atoms with Gasteiger partial charge in [-0.2, -0.15) is 0 Å². The summed E-state index contributed by atoms with van der Waals surface area (Å²) in [6, 6.07) is 7.38. The van der Waals surface area contributed by atoms with Crippen LogP contribution in [0.3, 0.4) is 0 Å². The highest BCUT2D eigenvalue weighted by Crippen LogP contribution is 2.27. The molecule has 1 heterocycles. The molecule has 5 heteroatoms. The molecule has 2 rings (SSSR count). The number of benzene rings is 1. The van der Waals surface area contributed by atoms with Crippen molar-refractivity contribution in [3.8, 4) is 11.4 Å². The Hall–Kier alpha value is -1.94. The molecule has 0 aliphatic rings. The lowest BCUT2D eigenvalue weighted by Gasteiger charge is -2.06. The van der Waals surface area contributed by atoms with Crippen molar-refractivity contribution in [3.63, 3.8) is 0 Å². The van der Waals surface area contributed by atoms with Gasteiger partial charge in [0.05, 0.1) is 0 Å². The quantitative estimate of drug-likeness (QED) is 0.380. The molecule has 0 radical (unpaired) electrons. The Labute approximate surface area is 130 Å². The largest absolute Gasteiger partial charge is 0.399 e. The third kappa shape index (κ3) is 4.02. The van der Waals surface area contributed by atoms with E-state index in [1.807, 2.05) is 37.4 Å². The molecule has 0 amide bonds. The molecule has 1 aromatic heterocycles. The van der Waals surface area contributed by atoms with Crippen LogP contribution in [0.25, 0.3) is 11.4 Å². The summed E-state index contributed by atoms with van der Waals surface area (Å²) in [5, 5.41) is 0.430. The van der Waals surface area contributed by atoms with E-state index >= 15 is 0 Å². The smallest absolute Gasteiger partial charge is 0.163 e. The van der Waals surface area contributed by atoms with Crippen LogP contribution in [0.1, 0.15) is 31.7 Å². The third-order valence-corrected chi connectivity index (χ3v) is 3.50. The van der Waals surface area contributed by atoms with Crippen LogP contribution >= 0.6 is 11.6 Å². The zero-order valence-corrected chi connectivity index (χ0v) is 13.1. The zero-order chi connectivity index (χ0) is 15.2. The van der Waals surface area contributed by atoms with Gasteiger partial charge in [0.25, 0.3) is 0 Å². The van der Waals surface area contributed by atoms with Gasteiger partial charge in [0.1, 0.15) is 5.15 Å². The van der Waals surface area contributed by atoms with Crippen molar-refractivity contribution in [1.29, 1.82) is 0 Å². The molecule has 2 N–H and O–H groups in total. The maximum atomic E-state index is 6.19. The second kappa shape index (κ2) is 7.18. The number of halogens is 1. The fourth-order valence-corrected chi connectivity index (χ4v) is 1.98. The Bertz CT molecular complexity index is 635. The number of rotatable bonds is 5. The van der Waals surface area contributed by atoms with Crippen molar-refractivity contribution in [3.05, 3.63) is 35.0 Å². The minimum Gasteiger partial charge on any atom is -0.399 e. The summed E-state index contributed by atoms with van der Waals surface area (Å²) in [6.45, 7) is 4.03. The summed E-state index contributed by atoms with van der Waals surface area (Å²) in [7, 11) is 0. The summed E-state index contributed by atoms with van der Waals surface area (Å²) in [6.07, 6.45) is 5.09. The molecule has 0 atom stereocenters. The van der Waals surface area contributed by atoms with Crippen molar-refractivity contribution in [2.45, 2.75) is 33.1 Å². The van der Waals surface area contributed by atoms with Gasteiger partial charge in [-0.3, -0.25) is 0 Å². The van der Waals surface area contributed by atoms with Crippen molar-refractivity contribution in [1.82, 2.24) is 9.97 Å². The summed E-state index contributed by atoms with van der Waals surface area (Å²) in [5.74, 6) is 1.19. The maximum absolute atomic E-state index is 6.19. The fourth-order valence-electron chi connectivity index (χ4n) is 1.81. The molecular weight excluding hydrogens is 284 g/mol. The molecule has 2 aromatic rings. The van der Waals surface area contributed by atoms with Crippen LogP contribution in [-0.2, 0) is 0 Å². The van der Waals surface area contributed by atoms with Crippen LogP contribution in [0, 0.1) is 6.92 Å². The fraction of sp³-hybridized carbons (Fsp3) is 0.312. The van der Waals surface area contributed by atoms with Gasteiger partial charge >= 0.3 is 0 Å². The van der Waals surface area contributed by atoms with Gasteiger partial charge in [-0.15, -0.1) is 0 Å². The molecule has 0 fully saturated rings. The van der Waals surface area contributed by atoms with Crippen LogP contribution in [0.15, 0.2) is 29.3 Å². The van der Waals surface area contributed by atoms with Crippen LogP contribution in [0.5, 0.6) is 0 Å². The topological polar surface area (TPSA) is 64.2 Å². The van der Waals surface area contributed by atoms with E-state index in [0.717, 1.165) is 30.4 Å². The first-order valence-corrected chi connectivity index (χ1v) is 7.42. The van der Waals surface area contributed by atoms with E-state index in [1.165, 1.54) is 0 Å². The van der Waals surface area contributed by atoms with Crippen LogP contribution in [-0.4, -0.2) is 16.2 Å². The van der Waals surface area contributed by atoms with E-state index in [0.29, 0.717) is 22.5 Å². The molecule has 0 aliphatic heterocycles. The highest BCUT2D eigenvalue weighted by atomic mass is 35.5. The average Bonchev–Trinajstić information content (AvgIpc) is 2.48. The second-order valence-electron chi connectivity index (χ2n) is 4.86. The molecule has 0 bridgehead atoms. The molecule has 110 valence electrons. The van der Waals surface area contributed by atoms with E-state index in [-0.39, 0.29) is 0 Å². The first-order chi connectivity index (χ1) is 10.1. The summed E-state index contributed by atoms with van der Waals surface area (Å²) >= 11 is 6.19. The van der Waals surface area contributed by atoms with Crippen molar-refractivity contribution < 1.29 is 0 Å². The normalized spacial score (nSPS) is 11.2. The number of hydrogen-bond donors (Lipinski definition) is 1. The monoisotopic (exact) mass is 302 g/mol. The number of unbranched alkanes of at least 4 members (excludes halogenated alkanes) is 2. The first-order valence-electron chi connectivity index (χ1n) is 7.04. The zero-order valence-electron chi connectivity index (χ0n) is 12.3. The number of nitrogens with zero attached hydrogens (tertiary/aromatic N) is 3. The molecule has 0 aliphatic carbocycles. The van der Waals surface area contributed by atoms with E-state index in [9.17, 15) is 0 Å². The molecule has 1 aromatic carbocycles. The Morgan fingerprint density at radius 2 is 1.95 bits per heavy atom. The third-order valence-electron chi connectivity index (χ3n) is 3.13. The highest BCUT2D eigenvalue weighted by Gasteiger charge is 2.10. The van der Waals surface area contributed by atoms with Crippen LogP contribution in [0.4, 0.5) is 11.5 Å². The lowest BCUT2D eigenvalue weighted by molar-refractivity contribution is 0.842. The predicted octanol–water partition coefficient (Wildman–Crippen LogP) is 4.58. The van der Waals surface area contributed by atoms with Gasteiger partial charge < -0.3 is 5.73 Å². The van der Waals surface area contributed by atoms with Crippen LogP contribution < -0.4 is 5.73 Å². The number of nitrogen functional groups attached to an aromatic ring is 1. The minimum atomic E-state index is 0.430. The minimum absolute atomic E-state index is 0.430. The lowest BCUT2D eigenvalue weighted by atomic mass is 10.2. The van der Waals surface area contributed by atoms with Gasteiger partial charge in [0.15, 0.2) is 11.6 Å². The van der Waals surface area contributed by atoms with E-state index in [4.69, 9.17) is 17.3 Å². The van der Waals surface area contributed by atoms with Gasteiger partial charge in [-0.05, 0) is 44.0 Å². The Kier molecular flexibility index (Phi) is 5.28. The molecular formula is C16H19ClN4. The molecule has 0 unspecified atom stereocenters. The molecule has 0 saturated heterocycles. The number of aliphatic imine (C=N–C) groups is 1. The van der Waals surface area contributed by atoms with Gasteiger partial charge in [0, 0.05) is 23.0 Å². The Morgan fingerprint density at radius 3 is 2.62 bits per heavy atom. The van der Waals surface area contributed by atoms with E-state index in [2.05, 4.69) is 21.9 Å². The second-order valence-corrected chi connectivity index (χ2v) is 5.22. The van der Waals surface area contributed by atoms with E-state index < -0.39 is 0 Å². The van der Waals surface area contributed by atoms with Crippen molar-refractivity contribution in [2.24, 2.45) is 4.99 Å². The summed E-state index contributed by atoms with van der Waals surface area (Å²) in [4.78, 5) is 13.2. The van der Waals surface area contributed by atoms with Crippen molar-refractivity contribution in [2.75, 3.05) is 5.73 Å². The van der Waals surface area contributed by atoms with Crippen LogP contribution in [0.2, 0.25) is 5.15 Å². The summed E-state index contributed by atoms with van der Waals surface area (Å²) in [5.41, 5.74) is 8.06. The number of hydrogen-bond acceptors (Lipinski definition) is 4. The van der Waals surface area contributed by atoms with Crippen molar-refractivity contribution >= 4 is 29.3 Å². The van der Waals surface area contributed by atoms with Gasteiger partial charge in [-0.1, -0.05) is 24.9 Å². The Morgan fingerprint density at radius 1 is 1.24 bits per heavy atom.